The van der Waals surface area contributed by atoms with E-state index in [1.54, 1.807) is 23.5 Å². The lowest BCUT2D eigenvalue weighted by molar-refractivity contribution is 0.479. The molecule has 0 aliphatic heterocycles. The van der Waals surface area contributed by atoms with Crippen LogP contribution in [0.15, 0.2) is 41.1 Å². The predicted octanol–water partition coefficient (Wildman–Crippen LogP) is 4.13. The molecule has 1 nitrogen and oxygen atoms in total. The third-order valence-electron chi connectivity index (χ3n) is 3.43. The molecular weight excluding hydrogens is 245 g/mol. The van der Waals surface area contributed by atoms with Crippen LogP contribution in [0.2, 0.25) is 0 Å². The lowest BCUT2D eigenvalue weighted by atomic mass is 10.0. The van der Waals surface area contributed by atoms with Crippen LogP contribution in [0.1, 0.15) is 30.0 Å². The number of rotatable bonds is 5. The molecule has 1 aliphatic carbocycles. The Labute approximate surface area is 111 Å². The van der Waals surface area contributed by atoms with Crippen molar-refractivity contribution in [2.75, 3.05) is 0 Å². The molecule has 2 aromatic rings. The van der Waals surface area contributed by atoms with Crippen molar-refractivity contribution in [2.45, 2.75) is 25.4 Å². The maximum atomic E-state index is 13.0. The normalized spacial score (nSPS) is 16.7. The van der Waals surface area contributed by atoms with Crippen LogP contribution in [0.5, 0.6) is 0 Å². The van der Waals surface area contributed by atoms with Gasteiger partial charge in [-0.3, -0.25) is 0 Å². The van der Waals surface area contributed by atoms with Crippen molar-refractivity contribution in [1.82, 2.24) is 5.32 Å². The summed E-state index contributed by atoms with van der Waals surface area (Å²) in [6, 6.07) is 9.42. The van der Waals surface area contributed by atoms with Gasteiger partial charge in [0.1, 0.15) is 5.82 Å². The van der Waals surface area contributed by atoms with Gasteiger partial charge >= 0.3 is 0 Å². The van der Waals surface area contributed by atoms with Gasteiger partial charge in [0, 0.05) is 12.6 Å². The van der Waals surface area contributed by atoms with Crippen molar-refractivity contribution >= 4 is 11.3 Å². The Morgan fingerprint density at radius 3 is 2.61 bits per heavy atom. The van der Waals surface area contributed by atoms with Crippen LogP contribution < -0.4 is 5.32 Å². The number of benzene rings is 1. The maximum Gasteiger partial charge on any atom is 0.123 e. The first kappa shape index (κ1) is 11.9. The molecule has 1 aliphatic rings. The van der Waals surface area contributed by atoms with Crippen LogP contribution in [-0.4, -0.2) is 0 Å². The minimum Gasteiger partial charge on any atom is -0.306 e. The van der Waals surface area contributed by atoms with Gasteiger partial charge in [-0.2, -0.15) is 11.3 Å². The molecule has 0 spiro atoms. The number of nitrogens with one attached hydrogen (secondary N) is 1. The van der Waals surface area contributed by atoms with Gasteiger partial charge in [0.2, 0.25) is 0 Å². The summed E-state index contributed by atoms with van der Waals surface area (Å²) in [4.78, 5) is 0. The van der Waals surface area contributed by atoms with Gasteiger partial charge in [0.25, 0.3) is 0 Å². The van der Waals surface area contributed by atoms with Gasteiger partial charge in [-0.15, -0.1) is 0 Å². The maximum absolute atomic E-state index is 13.0. The lowest BCUT2D eigenvalue weighted by Gasteiger charge is -2.18. The van der Waals surface area contributed by atoms with E-state index in [1.165, 1.54) is 24.0 Å². The fourth-order valence-corrected chi connectivity index (χ4v) is 2.95. The molecule has 1 saturated carbocycles. The second-order valence-corrected chi connectivity index (χ2v) is 5.66. The summed E-state index contributed by atoms with van der Waals surface area (Å²) in [5.41, 5.74) is 2.53. The third-order valence-corrected chi connectivity index (χ3v) is 4.16. The highest BCUT2D eigenvalue weighted by atomic mass is 32.1. The van der Waals surface area contributed by atoms with Crippen molar-refractivity contribution in [1.29, 1.82) is 0 Å². The van der Waals surface area contributed by atoms with E-state index in [2.05, 4.69) is 22.1 Å². The van der Waals surface area contributed by atoms with Gasteiger partial charge in [-0.25, -0.2) is 4.39 Å². The van der Waals surface area contributed by atoms with Crippen LogP contribution in [-0.2, 0) is 6.54 Å². The van der Waals surface area contributed by atoms with Crippen LogP contribution in [0.4, 0.5) is 4.39 Å². The van der Waals surface area contributed by atoms with E-state index in [0.717, 1.165) is 6.54 Å². The van der Waals surface area contributed by atoms with E-state index in [1.807, 2.05) is 12.1 Å². The smallest absolute Gasteiger partial charge is 0.123 e. The Morgan fingerprint density at radius 1 is 1.22 bits per heavy atom. The van der Waals surface area contributed by atoms with Crippen molar-refractivity contribution < 1.29 is 4.39 Å². The zero-order valence-corrected chi connectivity index (χ0v) is 10.9. The summed E-state index contributed by atoms with van der Waals surface area (Å²) in [5.74, 6) is 0.556. The van der Waals surface area contributed by atoms with Gasteiger partial charge in [-0.05, 0) is 58.8 Å². The van der Waals surface area contributed by atoms with E-state index in [-0.39, 0.29) is 5.82 Å². The standard InChI is InChI=1S/C15H16FNS/c16-14-5-3-13(4-6-14)15(12-1-2-12)17-9-11-7-8-18-10-11/h3-8,10,12,15,17H,1-2,9H2. The molecule has 0 saturated heterocycles. The van der Waals surface area contributed by atoms with Gasteiger partial charge in [0.15, 0.2) is 0 Å². The molecule has 1 fully saturated rings. The fraction of sp³-hybridized carbons (Fsp3) is 0.333. The van der Waals surface area contributed by atoms with Gasteiger partial charge in [-0.1, -0.05) is 12.1 Å². The van der Waals surface area contributed by atoms with Gasteiger partial charge in [0.05, 0.1) is 0 Å². The Balaban J connectivity index is 1.70. The summed E-state index contributed by atoms with van der Waals surface area (Å²) in [6.45, 7) is 0.891. The molecule has 1 heterocycles. The quantitative estimate of drug-likeness (QED) is 0.853. The van der Waals surface area contributed by atoms with Crippen molar-refractivity contribution in [3.63, 3.8) is 0 Å². The van der Waals surface area contributed by atoms with Crippen LogP contribution in [0, 0.1) is 11.7 Å². The molecule has 3 rings (SSSR count). The Hall–Kier alpha value is -1.19. The topological polar surface area (TPSA) is 12.0 Å². The van der Waals surface area contributed by atoms with Crippen molar-refractivity contribution in [2.24, 2.45) is 5.92 Å². The highest BCUT2D eigenvalue weighted by molar-refractivity contribution is 7.07. The molecule has 1 aromatic heterocycles. The molecule has 1 unspecified atom stereocenters. The first-order valence-electron chi connectivity index (χ1n) is 6.33. The summed E-state index contributed by atoms with van der Waals surface area (Å²) in [5, 5.41) is 7.87. The molecule has 0 amide bonds. The average Bonchev–Trinajstić information content (AvgIpc) is 3.08. The molecular formula is C15H16FNS. The third kappa shape index (κ3) is 2.79. The number of halogens is 1. The highest BCUT2D eigenvalue weighted by Crippen LogP contribution is 2.41. The lowest BCUT2D eigenvalue weighted by Crippen LogP contribution is -2.22. The minimum atomic E-state index is -0.161. The number of hydrogen-bond acceptors (Lipinski definition) is 2. The second-order valence-electron chi connectivity index (χ2n) is 4.88. The van der Waals surface area contributed by atoms with Crippen molar-refractivity contribution in [3.05, 3.63) is 58.0 Å². The summed E-state index contributed by atoms with van der Waals surface area (Å²) in [7, 11) is 0. The average molecular weight is 261 g/mol. The van der Waals surface area contributed by atoms with Crippen molar-refractivity contribution in [3.8, 4) is 0 Å². The first-order valence-corrected chi connectivity index (χ1v) is 7.27. The summed E-state index contributed by atoms with van der Waals surface area (Å²) >= 11 is 1.72. The predicted molar refractivity (Wildman–Crippen MR) is 73.0 cm³/mol. The molecule has 18 heavy (non-hydrogen) atoms. The largest absolute Gasteiger partial charge is 0.306 e. The molecule has 1 aromatic carbocycles. The Bertz CT molecular complexity index is 488. The summed E-state index contributed by atoms with van der Waals surface area (Å²) < 4.78 is 13.0. The van der Waals surface area contributed by atoms with Gasteiger partial charge < -0.3 is 5.32 Å². The second kappa shape index (κ2) is 5.21. The first-order chi connectivity index (χ1) is 8.83. The van der Waals surface area contributed by atoms with E-state index in [9.17, 15) is 4.39 Å². The van der Waals surface area contributed by atoms with Crippen LogP contribution in [0.25, 0.3) is 0 Å². The zero-order chi connectivity index (χ0) is 12.4. The van der Waals surface area contributed by atoms with Crippen LogP contribution in [0.3, 0.4) is 0 Å². The number of hydrogen-bond donors (Lipinski definition) is 1. The fourth-order valence-electron chi connectivity index (χ4n) is 2.28. The molecule has 1 atom stereocenters. The Kier molecular flexibility index (Phi) is 3.43. The molecule has 0 bridgehead atoms. The molecule has 3 heteroatoms. The summed E-state index contributed by atoms with van der Waals surface area (Å²) in [6.07, 6.45) is 2.55. The van der Waals surface area contributed by atoms with E-state index >= 15 is 0 Å². The van der Waals surface area contributed by atoms with E-state index in [0.29, 0.717) is 12.0 Å². The zero-order valence-electron chi connectivity index (χ0n) is 10.1. The minimum absolute atomic E-state index is 0.161. The molecule has 0 radical (unpaired) electrons. The van der Waals surface area contributed by atoms with E-state index < -0.39 is 0 Å². The SMILES string of the molecule is Fc1ccc(C(NCc2ccsc2)C2CC2)cc1. The van der Waals surface area contributed by atoms with E-state index in [4.69, 9.17) is 0 Å². The number of thiophene rings is 1. The van der Waals surface area contributed by atoms with Crippen LogP contribution >= 0.6 is 11.3 Å². The molecule has 1 N–H and O–H groups in total. The molecule has 94 valence electrons. The monoisotopic (exact) mass is 261 g/mol. The highest BCUT2D eigenvalue weighted by Gasteiger charge is 2.31. The Morgan fingerprint density at radius 2 is 2.00 bits per heavy atom.